The van der Waals surface area contributed by atoms with Gasteiger partial charge in [-0.1, -0.05) is 19.9 Å². The third-order valence-corrected chi connectivity index (χ3v) is 2.78. The molecule has 0 amide bonds. The molecule has 1 aliphatic carbocycles. The van der Waals surface area contributed by atoms with E-state index in [9.17, 15) is 0 Å². The summed E-state index contributed by atoms with van der Waals surface area (Å²) in [6.45, 7) is 6.65. The van der Waals surface area contributed by atoms with Crippen LogP contribution in [0, 0.1) is 0 Å². The first-order valence-corrected chi connectivity index (χ1v) is 5.91. The van der Waals surface area contributed by atoms with Crippen molar-refractivity contribution in [2.75, 3.05) is 13.1 Å². The second kappa shape index (κ2) is 6.06. The fourth-order valence-corrected chi connectivity index (χ4v) is 2.11. The maximum absolute atomic E-state index is 2.58. The van der Waals surface area contributed by atoms with Crippen LogP contribution >= 0.6 is 0 Å². The van der Waals surface area contributed by atoms with Crippen LogP contribution in [0.4, 0.5) is 0 Å². The van der Waals surface area contributed by atoms with Crippen molar-refractivity contribution in [1.29, 1.82) is 0 Å². The number of hydrogen-bond acceptors (Lipinski definition) is 1. The topological polar surface area (TPSA) is 3.24 Å². The van der Waals surface area contributed by atoms with Gasteiger partial charge in [-0.05, 0) is 38.5 Å². The Labute approximate surface area is 82.8 Å². The summed E-state index contributed by atoms with van der Waals surface area (Å²) in [6, 6.07) is 0. The van der Waals surface area contributed by atoms with E-state index in [-0.39, 0.29) is 0 Å². The van der Waals surface area contributed by atoms with E-state index in [2.05, 4.69) is 11.0 Å². The highest BCUT2D eigenvalue weighted by atomic mass is 15.1. The van der Waals surface area contributed by atoms with Crippen molar-refractivity contribution in [3.8, 4) is 0 Å². The second-order valence-corrected chi connectivity index (χ2v) is 3.64. The van der Waals surface area contributed by atoms with E-state index in [1.807, 2.05) is 13.8 Å². The second-order valence-electron chi connectivity index (χ2n) is 3.64. The van der Waals surface area contributed by atoms with E-state index >= 15 is 0 Å². The lowest BCUT2D eigenvalue weighted by atomic mass is 10.0. The van der Waals surface area contributed by atoms with Gasteiger partial charge in [0.15, 0.2) is 0 Å². The van der Waals surface area contributed by atoms with Crippen LogP contribution in [0.5, 0.6) is 0 Å². The maximum Gasteiger partial charge on any atom is 0.0175 e. The van der Waals surface area contributed by atoms with Crippen LogP contribution in [0.1, 0.15) is 52.4 Å². The molecule has 1 heteroatoms. The van der Waals surface area contributed by atoms with Gasteiger partial charge in [0, 0.05) is 18.8 Å². The van der Waals surface area contributed by atoms with Gasteiger partial charge in [0.2, 0.25) is 0 Å². The normalized spacial score (nSPS) is 22.0. The Balaban J connectivity index is 0.000000396. The molecule has 0 radical (unpaired) electrons. The molecule has 0 N–H and O–H groups in total. The third kappa shape index (κ3) is 3.06. The number of hydrogen-bond donors (Lipinski definition) is 0. The lowest BCUT2D eigenvalue weighted by Crippen LogP contribution is -2.19. The third-order valence-electron chi connectivity index (χ3n) is 2.78. The fraction of sp³-hybridized carbons (Fsp3) is 0.833. The average Bonchev–Trinajstić information content (AvgIpc) is 2.75. The average molecular weight is 181 g/mol. The summed E-state index contributed by atoms with van der Waals surface area (Å²) in [5, 5.41) is 0. The molecule has 2 rings (SSSR count). The predicted octanol–water partition coefficient (Wildman–Crippen LogP) is 3.57. The van der Waals surface area contributed by atoms with Crippen molar-refractivity contribution in [2.45, 2.75) is 52.4 Å². The molecule has 2 aliphatic rings. The molecule has 1 aliphatic heterocycles. The summed E-state index contributed by atoms with van der Waals surface area (Å²) in [5.74, 6) is 0. The van der Waals surface area contributed by atoms with Gasteiger partial charge in [0.25, 0.3) is 0 Å². The molecule has 0 saturated carbocycles. The minimum Gasteiger partial charge on any atom is -0.375 e. The van der Waals surface area contributed by atoms with Gasteiger partial charge in [-0.2, -0.15) is 0 Å². The highest BCUT2D eigenvalue weighted by Crippen LogP contribution is 2.23. The molecule has 76 valence electrons. The first-order chi connectivity index (χ1) is 6.47. The minimum atomic E-state index is 1.33. The zero-order valence-corrected chi connectivity index (χ0v) is 9.18. The van der Waals surface area contributed by atoms with Crippen LogP contribution in [0.25, 0.3) is 0 Å². The van der Waals surface area contributed by atoms with Crippen molar-refractivity contribution in [2.24, 2.45) is 0 Å². The molecule has 1 nitrogen and oxygen atoms in total. The van der Waals surface area contributed by atoms with Crippen LogP contribution in [-0.2, 0) is 0 Å². The molecule has 13 heavy (non-hydrogen) atoms. The fourth-order valence-electron chi connectivity index (χ4n) is 2.11. The molecular weight excluding hydrogens is 158 g/mol. The quantitative estimate of drug-likeness (QED) is 0.598. The lowest BCUT2D eigenvalue weighted by molar-refractivity contribution is 0.392. The molecule has 1 fully saturated rings. The largest absolute Gasteiger partial charge is 0.375 e. The predicted molar refractivity (Wildman–Crippen MR) is 58.7 cm³/mol. The Morgan fingerprint density at radius 2 is 1.69 bits per heavy atom. The smallest absolute Gasteiger partial charge is 0.0175 e. The Bertz CT molecular complexity index is 155. The number of rotatable bonds is 1. The zero-order chi connectivity index (χ0) is 9.52. The SMILES string of the molecule is C1=C(N2CCCC2)CCCC1.CC. The Morgan fingerprint density at radius 1 is 1.00 bits per heavy atom. The minimum absolute atomic E-state index is 1.33. The molecule has 0 aromatic heterocycles. The van der Waals surface area contributed by atoms with Crippen LogP contribution in [0.2, 0.25) is 0 Å². The van der Waals surface area contributed by atoms with Crippen molar-refractivity contribution >= 4 is 0 Å². The van der Waals surface area contributed by atoms with Crippen LogP contribution in [-0.4, -0.2) is 18.0 Å². The van der Waals surface area contributed by atoms with E-state index in [0.717, 1.165) is 0 Å². The first kappa shape index (κ1) is 10.6. The molecule has 0 aromatic carbocycles. The summed E-state index contributed by atoms with van der Waals surface area (Å²) in [5.41, 5.74) is 1.65. The Morgan fingerprint density at radius 3 is 2.23 bits per heavy atom. The molecule has 0 spiro atoms. The molecule has 0 aromatic rings. The summed E-state index contributed by atoms with van der Waals surface area (Å²) in [6.07, 6.45) is 10.8. The monoisotopic (exact) mass is 181 g/mol. The summed E-state index contributed by atoms with van der Waals surface area (Å²) < 4.78 is 0. The van der Waals surface area contributed by atoms with Crippen LogP contribution in [0.15, 0.2) is 11.8 Å². The van der Waals surface area contributed by atoms with Gasteiger partial charge < -0.3 is 4.90 Å². The van der Waals surface area contributed by atoms with Gasteiger partial charge in [-0.3, -0.25) is 0 Å². The van der Waals surface area contributed by atoms with E-state index in [0.29, 0.717) is 0 Å². The van der Waals surface area contributed by atoms with Crippen molar-refractivity contribution in [1.82, 2.24) is 4.90 Å². The standard InChI is InChI=1S/C10H17N.C2H6/c1-2-6-10(7-3-1)11-8-4-5-9-11;1-2/h6H,1-5,7-9H2;1-2H3. The van der Waals surface area contributed by atoms with Gasteiger partial charge in [0.1, 0.15) is 0 Å². The van der Waals surface area contributed by atoms with Gasteiger partial charge in [-0.15, -0.1) is 0 Å². The lowest BCUT2D eigenvalue weighted by Gasteiger charge is -2.24. The molecule has 0 bridgehead atoms. The van der Waals surface area contributed by atoms with Gasteiger partial charge in [0.05, 0.1) is 0 Å². The summed E-state index contributed by atoms with van der Waals surface area (Å²) in [4.78, 5) is 2.58. The molecular formula is C12H23N. The zero-order valence-electron chi connectivity index (χ0n) is 9.18. The number of nitrogens with zero attached hydrogens (tertiary/aromatic N) is 1. The van der Waals surface area contributed by atoms with Crippen LogP contribution in [0.3, 0.4) is 0 Å². The van der Waals surface area contributed by atoms with Crippen molar-refractivity contribution in [3.63, 3.8) is 0 Å². The Kier molecular flexibility index (Phi) is 4.95. The molecule has 1 heterocycles. The first-order valence-electron chi connectivity index (χ1n) is 5.91. The van der Waals surface area contributed by atoms with Crippen molar-refractivity contribution < 1.29 is 0 Å². The highest BCUT2D eigenvalue weighted by Gasteiger charge is 2.15. The van der Waals surface area contributed by atoms with E-state index in [1.165, 1.54) is 51.6 Å². The number of allylic oxidation sites excluding steroid dienone is 2. The highest BCUT2D eigenvalue weighted by molar-refractivity contribution is 5.05. The van der Waals surface area contributed by atoms with E-state index < -0.39 is 0 Å². The Hall–Kier alpha value is -0.460. The summed E-state index contributed by atoms with van der Waals surface area (Å²) >= 11 is 0. The molecule has 1 saturated heterocycles. The molecule has 0 unspecified atom stereocenters. The van der Waals surface area contributed by atoms with Gasteiger partial charge in [-0.25, -0.2) is 0 Å². The van der Waals surface area contributed by atoms with E-state index in [1.54, 1.807) is 5.70 Å². The maximum atomic E-state index is 2.58. The molecule has 0 atom stereocenters. The summed E-state index contributed by atoms with van der Waals surface area (Å²) in [7, 11) is 0. The van der Waals surface area contributed by atoms with Crippen LogP contribution < -0.4 is 0 Å². The number of likely N-dealkylation sites (tertiary alicyclic amines) is 1. The van der Waals surface area contributed by atoms with E-state index in [4.69, 9.17) is 0 Å². The van der Waals surface area contributed by atoms with Crippen molar-refractivity contribution in [3.05, 3.63) is 11.8 Å². The van der Waals surface area contributed by atoms with Gasteiger partial charge >= 0.3 is 0 Å².